The second kappa shape index (κ2) is 3.97. The molecule has 2 fully saturated rings. The molecule has 0 bridgehead atoms. The molecule has 0 aromatic carbocycles. The van der Waals surface area contributed by atoms with E-state index < -0.39 is 0 Å². The Morgan fingerprint density at radius 2 is 2.15 bits per heavy atom. The number of rotatable bonds is 3. The summed E-state index contributed by atoms with van der Waals surface area (Å²) in [5, 5.41) is 9.90. The van der Waals surface area contributed by atoms with Gasteiger partial charge in [0.05, 0.1) is 5.60 Å². The molecule has 2 aliphatic rings. The Labute approximate surface area is 80.3 Å². The Morgan fingerprint density at radius 1 is 1.31 bits per heavy atom. The fraction of sp³-hybridized carbons (Fsp3) is 1.00. The molecule has 0 amide bonds. The second-order valence-corrected chi connectivity index (χ2v) is 4.70. The van der Waals surface area contributed by atoms with E-state index in [0.717, 1.165) is 44.8 Å². The average Bonchev–Trinajstić information content (AvgIpc) is 2.13. The van der Waals surface area contributed by atoms with Crippen molar-refractivity contribution in [3.05, 3.63) is 0 Å². The van der Waals surface area contributed by atoms with Gasteiger partial charge in [0.2, 0.25) is 0 Å². The van der Waals surface area contributed by atoms with Crippen molar-refractivity contribution in [3.8, 4) is 0 Å². The van der Waals surface area contributed by atoms with Crippen LogP contribution in [0.3, 0.4) is 0 Å². The van der Waals surface area contributed by atoms with Gasteiger partial charge in [0.15, 0.2) is 0 Å². The molecule has 0 aromatic heterocycles. The first-order chi connectivity index (χ1) is 6.29. The fourth-order valence-electron chi connectivity index (χ4n) is 2.34. The van der Waals surface area contributed by atoms with Gasteiger partial charge in [0.25, 0.3) is 0 Å². The SMILES string of the molecule is OC1(CCC2CCCOC2)CCC1. The van der Waals surface area contributed by atoms with Gasteiger partial charge in [-0.2, -0.15) is 0 Å². The Kier molecular flexibility index (Phi) is 2.89. The standard InChI is InChI=1S/C11H20O2/c12-11(5-2-6-11)7-4-10-3-1-8-13-9-10/h10,12H,1-9H2. The van der Waals surface area contributed by atoms with Gasteiger partial charge < -0.3 is 9.84 Å². The smallest absolute Gasteiger partial charge is 0.0648 e. The van der Waals surface area contributed by atoms with E-state index in [4.69, 9.17) is 4.74 Å². The zero-order valence-corrected chi connectivity index (χ0v) is 8.30. The van der Waals surface area contributed by atoms with E-state index in [0.29, 0.717) is 0 Å². The van der Waals surface area contributed by atoms with Crippen LogP contribution in [-0.2, 0) is 4.74 Å². The minimum Gasteiger partial charge on any atom is -0.390 e. The summed E-state index contributed by atoms with van der Waals surface area (Å²) in [5.74, 6) is 0.721. The highest BCUT2D eigenvalue weighted by atomic mass is 16.5. The predicted octanol–water partition coefficient (Wildman–Crippen LogP) is 2.11. The molecular formula is C11H20O2. The maximum absolute atomic E-state index is 9.90. The van der Waals surface area contributed by atoms with Gasteiger partial charge in [0, 0.05) is 13.2 Å². The van der Waals surface area contributed by atoms with Gasteiger partial charge in [-0.1, -0.05) is 0 Å². The molecule has 1 unspecified atom stereocenters. The highest BCUT2D eigenvalue weighted by molar-refractivity contribution is 4.87. The number of hydrogen-bond acceptors (Lipinski definition) is 2. The third-order valence-corrected chi connectivity index (χ3v) is 3.56. The molecule has 1 heterocycles. The van der Waals surface area contributed by atoms with E-state index in [1.807, 2.05) is 0 Å². The van der Waals surface area contributed by atoms with Crippen LogP contribution < -0.4 is 0 Å². The third kappa shape index (κ3) is 2.44. The van der Waals surface area contributed by atoms with Crippen molar-refractivity contribution in [2.24, 2.45) is 5.92 Å². The second-order valence-electron chi connectivity index (χ2n) is 4.70. The Morgan fingerprint density at radius 3 is 2.69 bits per heavy atom. The summed E-state index contributed by atoms with van der Waals surface area (Å²) in [7, 11) is 0. The van der Waals surface area contributed by atoms with E-state index in [2.05, 4.69) is 0 Å². The van der Waals surface area contributed by atoms with Crippen molar-refractivity contribution < 1.29 is 9.84 Å². The molecule has 1 aliphatic carbocycles. The molecule has 13 heavy (non-hydrogen) atoms. The summed E-state index contributed by atoms with van der Waals surface area (Å²) in [6.07, 6.45) is 7.95. The van der Waals surface area contributed by atoms with Crippen molar-refractivity contribution in [1.82, 2.24) is 0 Å². The van der Waals surface area contributed by atoms with Gasteiger partial charge in [-0.3, -0.25) is 0 Å². The lowest BCUT2D eigenvalue weighted by Crippen LogP contribution is -2.37. The quantitative estimate of drug-likeness (QED) is 0.728. The molecule has 0 aromatic rings. The van der Waals surface area contributed by atoms with Gasteiger partial charge in [-0.05, 0) is 50.9 Å². The largest absolute Gasteiger partial charge is 0.390 e. The lowest BCUT2D eigenvalue weighted by Gasteiger charge is -2.38. The molecule has 1 aliphatic heterocycles. The summed E-state index contributed by atoms with van der Waals surface area (Å²) in [6.45, 7) is 1.87. The number of hydrogen-bond donors (Lipinski definition) is 1. The van der Waals surface area contributed by atoms with Crippen molar-refractivity contribution in [2.75, 3.05) is 13.2 Å². The van der Waals surface area contributed by atoms with Crippen molar-refractivity contribution in [3.63, 3.8) is 0 Å². The minimum atomic E-state index is -0.280. The van der Waals surface area contributed by atoms with Crippen LogP contribution in [0.2, 0.25) is 0 Å². The molecule has 0 radical (unpaired) electrons. The first kappa shape index (κ1) is 9.47. The van der Waals surface area contributed by atoms with Crippen LogP contribution in [0.25, 0.3) is 0 Å². The van der Waals surface area contributed by atoms with Crippen molar-refractivity contribution in [1.29, 1.82) is 0 Å². The molecule has 1 saturated heterocycles. The van der Waals surface area contributed by atoms with E-state index in [1.54, 1.807) is 0 Å². The van der Waals surface area contributed by atoms with Crippen molar-refractivity contribution in [2.45, 2.75) is 50.5 Å². The molecular weight excluding hydrogens is 164 g/mol. The van der Waals surface area contributed by atoms with E-state index in [9.17, 15) is 5.11 Å². The zero-order chi connectivity index (χ0) is 9.15. The number of aliphatic hydroxyl groups is 1. The normalized spacial score (nSPS) is 32.5. The maximum atomic E-state index is 9.90. The first-order valence-electron chi connectivity index (χ1n) is 5.59. The van der Waals surface area contributed by atoms with Crippen molar-refractivity contribution >= 4 is 0 Å². The summed E-state index contributed by atoms with van der Waals surface area (Å²) < 4.78 is 5.42. The van der Waals surface area contributed by atoms with Crippen LogP contribution in [0, 0.1) is 5.92 Å². The average molecular weight is 184 g/mol. The lowest BCUT2D eigenvalue weighted by atomic mass is 9.75. The van der Waals surface area contributed by atoms with E-state index in [-0.39, 0.29) is 5.60 Å². The lowest BCUT2D eigenvalue weighted by molar-refractivity contribution is -0.0504. The van der Waals surface area contributed by atoms with E-state index in [1.165, 1.54) is 19.3 Å². The van der Waals surface area contributed by atoms with Gasteiger partial charge in [-0.25, -0.2) is 0 Å². The first-order valence-corrected chi connectivity index (χ1v) is 5.59. The Balaban J connectivity index is 1.66. The molecule has 0 spiro atoms. The van der Waals surface area contributed by atoms with Crippen LogP contribution >= 0.6 is 0 Å². The molecule has 1 N–H and O–H groups in total. The minimum absolute atomic E-state index is 0.280. The van der Waals surface area contributed by atoms with Gasteiger partial charge >= 0.3 is 0 Å². The topological polar surface area (TPSA) is 29.5 Å². The van der Waals surface area contributed by atoms with Crippen LogP contribution in [0.1, 0.15) is 44.9 Å². The highest BCUT2D eigenvalue weighted by Gasteiger charge is 2.34. The molecule has 1 saturated carbocycles. The summed E-state index contributed by atoms with van der Waals surface area (Å²) in [6, 6.07) is 0. The maximum Gasteiger partial charge on any atom is 0.0648 e. The zero-order valence-electron chi connectivity index (χ0n) is 8.30. The van der Waals surface area contributed by atoms with Gasteiger partial charge in [-0.15, -0.1) is 0 Å². The van der Waals surface area contributed by atoms with E-state index >= 15 is 0 Å². The van der Waals surface area contributed by atoms with Crippen LogP contribution in [0.4, 0.5) is 0 Å². The third-order valence-electron chi connectivity index (χ3n) is 3.56. The van der Waals surface area contributed by atoms with Crippen LogP contribution in [-0.4, -0.2) is 23.9 Å². The Hall–Kier alpha value is -0.0800. The summed E-state index contributed by atoms with van der Waals surface area (Å²) >= 11 is 0. The summed E-state index contributed by atoms with van der Waals surface area (Å²) in [4.78, 5) is 0. The molecule has 2 heteroatoms. The van der Waals surface area contributed by atoms with Crippen LogP contribution in [0.15, 0.2) is 0 Å². The molecule has 2 rings (SSSR count). The monoisotopic (exact) mass is 184 g/mol. The molecule has 76 valence electrons. The summed E-state index contributed by atoms with van der Waals surface area (Å²) in [5.41, 5.74) is -0.280. The highest BCUT2D eigenvalue weighted by Crippen LogP contribution is 2.37. The molecule has 1 atom stereocenters. The van der Waals surface area contributed by atoms with Gasteiger partial charge in [0.1, 0.15) is 0 Å². The Bertz CT molecular complexity index is 157. The molecule has 2 nitrogen and oxygen atoms in total. The predicted molar refractivity (Wildman–Crippen MR) is 51.6 cm³/mol. The number of ether oxygens (including phenoxy) is 1. The fourth-order valence-corrected chi connectivity index (χ4v) is 2.34. The van der Waals surface area contributed by atoms with Crippen LogP contribution in [0.5, 0.6) is 0 Å².